The van der Waals surface area contributed by atoms with Gasteiger partial charge in [-0.05, 0) is 18.6 Å². The number of carbonyl (C=O) groups is 4. The van der Waals surface area contributed by atoms with E-state index in [4.69, 9.17) is 11.6 Å². The van der Waals surface area contributed by atoms with E-state index in [0.717, 1.165) is 16.9 Å². The SMILES string of the molecule is Cc1nc(Nc2ncc(C(=O)Nc3c(C)cccc3Cl)s2)cc(N2CCN([I-]C(=O)Nc3cccc(C4CCC(=O)NC4=O)c3)CC2)n1. The van der Waals surface area contributed by atoms with Crippen LogP contribution in [0.25, 0.3) is 0 Å². The van der Waals surface area contributed by atoms with E-state index in [1.54, 1.807) is 12.1 Å². The molecule has 13 nitrogen and oxygen atoms in total. The van der Waals surface area contributed by atoms with Gasteiger partial charge in [-0.3, -0.25) is 4.79 Å². The molecule has 4 N–H and O–H groups in total. The number of piperazine rings is 1. The van der Waals surface area contributed by atoms with Crippen molar-refractivity contribution in [1.29, 1.82) is 0 Å². The fourth-order valence-electron chi connectivity index (χ4n) is 5.37. The Morgan fingerprint density at radius 2 is 1.81 bits per heavy atom. The number of rotatable bonds is 9. The van der Waals surface area contributed by atoms with Gasteiger partial charge in [0.15, 0.2) is 0 Å². The van der Waals surface area contributed by atoms with E-state index in [1.807, 2.05) is 50.2 Å². The average Bonchev–Trinajstić information content (AvgIpc) is 3.51. The van der Waals surface area contributed by atoms with Crippen LogP contribution < -0.4 is 47.6 Å². The van der Waals surface area contributed by atoms with Crippen LogP contribution in [-0.4, -0.2) is 65.9 Å². The Kier molecular flexibility index (Phi) is 10.5. The predicted octanol–water partition coefficient (Wildman–Crippen LogP) is 2.08. The van der Waals surface area contributed by atoms with Crippen LogP contribution in [-0.2, 0) is 9.59 Å². The standard InChI is InChI=1S/C32H32ClIN9O4S/c1-18-5-3-8-23(33)28(18)41-30(46)24-17-35-32(48-24)39-25-16-26(37-19(2)36-25)42-11-13-43(14-12-42)34-31(47)38-21-7-4-6-20(15-21)22-9-10-27(44)40-29(22)45/h3-8,15-17,22H,9-14H2,1-2H3,(H,38,47)(H,41,46)(H,40,44,45)(H,35,36,37,39)/q-1. The van der Waals surface area contributed by atoms with Gasteiger partial charge in [0.1, 0.15) is 0 Å². The Balaban J connectivity index is 1.01. The van der Waals surface area contributed by atoms with Crippen LogP contribution in [0.15, 0.2) is 54.7 Å². The molecule has 4 aromatic rings. The third-order valence-corrected chi connectivity index (χ3v) is 11.3. The molecule has 4 heterocycles. The Morgan fingerprint density at radius 1 is 1.02 bits per heavy atom. The maximum absolute atomic E-state index is 12.9. The molecule has 0 aliphatic carbocycles. The summed E-state index contributed by atoms with van der Waals surface area (Å²) in [6.07, 6.45) is 2.27. The predicted molar refractivity (Wildman–Crippen MR) is 181 cm³/mol. The number of imide groups is 1. The van der Waals surface area contributed by atoms with Gasteiger partial charge in [0.2, 0.25) is 0 Å². The van der Waals surface area contributed by atoms with Gasteiger partial charge in [0.05, 0.1) is 10.7 Å². The van der Waals surface area contributed by atoms with E-state index in [-0.39, 0.29) is 21.6 Å². The first-order chi connectivity index (χ1) is 23.1. The summed E-state index contributed by atoms with van der Waals surface area (Å²) in [5.41, 5.74) is 2.86. The number of nitrogens with one attached hydrogen (secondary N) is 4. The zero-order valence-corrected chi connectivity index (χ0v) is 29.8. The molecule has 2 fully saturated rings. The number of anilines is 5. The Morgan fingerprint density at radius 3 is 2.58 bits per heavy atom. The van der Waals surface area contributed by atoms with Crippen molar-refractivity contribution < 1.29 is 40.7 Å². The van der Waals surface area contributed by atoms with Gasteiger partial charge in [0, 0.05) is 0 Å². The molecule has 2 aromatic carbocycles. The normalized spacial score (nSPS) is 16.8. The molecule has 2 aliphatic rings. The number of hydrogen-bond acceptors (Lipinski definition) is 11. The fraction of sp³-hybridized carbons (Fsp3) is 0.281. The number of piperidine rings is 1. The summed E-state index contributed by atoms with van der Waals surface area (Å²) in [5.74, 6) is 0.660. The molecule has 16 heteroatoms. The van der Waals surface area contributed by atoms with Crippen LogP contribution in [0, 0.1) is 13.8 Å². The second-order valence-corrected chi connectivity index (χ2v) is 15.5. The molecule has 2 aromatic heterocycles. The topological polar surface area (TPSA) is 162 Å². The van der Waals surface area contributed by atoms with Gasteiger partial charge in [-0.15, -0.1) is 0 Å². The molecule has 0 bridgehead atoms. The van der Waals surface area contributed by atoms with Crippen LogP contribution >= 0.6 is 22.9 Å². The van der Waals surface area contributed by atoms with E-state index >= 15 is 0 Å². The minimum atomic E-state index is -0.945. The molecule has 4 amide bonds. The molecule has 1 unspecified atom stereocenters. The Hall–Kier alpha value is -4.19. The summed E-state index contributed by atoms with van der Waals surface area (Å²) >= 11 is 6.53. The van der Waals surface area contributed by atoms with Crippen molar-refractivity contribution in [2.24, 2.45) is 0 Å². The van der Waals surface area contributed by atoms with Crippen molar-refractivity contribution in [3.8, 4) is 0 Å². The van der Waals surface area contributed by atoms with Crippen LogP contribution in [0.3, 0.4) is 0 Å². The molecule has 0 saturated carbocycles. The quantitative estimate of drug-likeness (QED) is 0.0649. The number of carbonyl (C=O) groups excluding carboxylic acids is 4. The van der Waals surface area contributed by atoms with Gasteiger partial charge in [-0.1, -0.05) is 23.7 Å². The van der Waals surface area contributed by atoms with Crippen LogP contribution in [0.2, 0.25) is 5.02 Å². The molecule has 0 radical (unpaired) electrons. The number of hydrogen-bond donors (Lipinski definition) is 4. The number of halogens is 2. The summed E-state index contributed by atoms with van der Waals surface area (Å²) in [4.78, 5) is 65.7. The zero-order valence-electron chi connectivity index (χ0n) is 26.0. The molecule has 2 saturated heterocycles. The summed E-state index contributed by atoms with van der Waals surface area (Å²) in [7, 11) is 0. The number of aromatic nitrogens is 3. The van der Waals surface area contributed by atoms with E-state index < -0.39 is 27.4 Å². The number of nitrogens with zero attached hydrogens (tertiary/aromatic N) is 5. The van der Waals surface area contributed by atoms with Crippen LogP contribution in [0.4, 0.5) is 32.9 Å². The maximum atomic E-state index is 12.9. The molecular weight excluding hydrogens is 769 g/mol. The molecule has 0 spiro atoms. The Labute approximate surface area is 296 Å². The van der Waals surface area contributed by atoms with E-state index in [2.05, 4.69) is 44.2 Å². The second-order valence-electron chi connectivity index (χ2n) is 11.2. The monoisotopic (exact) mass is 800 g/mol. The van der Waals surface area contributed by atoms with E-state index in [9.17, 15) is 19.2 Å². The van der Waals surface area contributed by atoms with E-state index in [1.165, 1.54) is 17.5 Å². The number of para-hydroxylation sites is 1. The third-order valence-electron chi connectivity index (χ3n) is 7.77. The molecule has 1 atom stereocenters. The van der Waals surface area contributed by atoms with Gasteiger partial charge in [-0.2, -0.15) is 0 Å². The molecule has 48 heavy (non-hydrogen) atoms. The van der Waals surface area contributed by atoms with Gasteiger partial charge >= 0.3 is 235 Å². The molecular formula is C32H32ClIN9O4S-. The summed E-state index contributed by atoms with van der Waals surface area (Å²) in [6, 6.07) is 14.6. The van der Waals surface area contributed by atoms with Crippen molar-refractivity contribution in [2.75, 3.05) is 47.0 Å². The fourth-order valence-corrected chi connectivity index (χ4v) is 8.33. The second kappa shape index (κ2) is 14.9. The van der Waals surface area contributed by atoms with Crippen molar-refractivity contribution >= 4 is 72.7 Å². The minimum absolute atomic E-state index is 0.0365. The summed E-state index contributed by atoms with van der Waals surface area (Å²) < 4.78 is 2.15. The van der Waals surface area contributed by atoms with Crippen molar-refractivity contribution in [1.82, 2.24) is 23.4 Å². The Bertz CT molecular complexity index is 1860. The zero-order chi connectivity index (χ0) is 33.8. The first kappa shape index (κ1) is 33.7. The average molecular weight is 801 g/mol. The van der Waals surface area contributed by atoms with E-state index in [0.29, 0.717) is 77.1 Å². The van der Waals surface area contributed by atoms with Gasteiger partial charge in [-0.25, -0.2) is 0 Å². The first-order valence-electron chi connectivity index (χ1n) is 15.2. The molecule has 2 aliphatic heterocycles. The first-order valence-corrected chi connectivity index (χ1v) is 18.4. The number of amides is 4. The molecule has 6 rings (SSSR count). The van der Waals surface area contributed by atoms with Crippen molar-refractivity contribution in [3.63, 3.8) is 0 Å². The van der Waals surface area contributed by atoms with Crippen molar-refractivity contribution in [2.45, 2.75) is 32.6 Å². The summed E-state index contributed by atoms with van der Waals surface area (Å²) in [5, 5.41) is 12.4. The number of benzene rings is 2. The van der Waals surface area contributed by atoms with Gasteiger partial charge in [0.25, 0.3) is 0 Å². The number of aryl methyl sites for hydroxylation is 2. The molecule has 250 valence electrons. The van der Waals surface area contributed by atoms with Gasteiger partial charge < -0.3 is 5.32 Å². The number of thiazole rings is 1. The van der Waals surface area contributed by atoms with Crippen molar-refractivity contribution in [3.05, 3.63) is 81.6 Å². The summed E-state index contributed by atoms with van der Waals surface area (Å²) in [6.45, 7) is 6.50. The third kappa shape index (κ3) is 8.26. The van der Waals surface area contributed by atoms with Crippen LogP contribution in [0.1, 0.15) is 45.4 Å². The van der Waals surface area contributed by atoms with Crippen LogP contribution in [0.5, 0.6) is 0 Å².